The normalized spacial score (nSPS) is 12.2. The number of nitrogens with one attached hydrogen (secondary N) is 1. The molecule has 19 heavy (non-hydrogen) atoms. The number of imide groups is 1. The van der Waals surface area contributed by atoms with Crippen molar-refractivity contribution in [3.05, 3.63) is 34.9 Å². The predicted molar refractivity (Wildman–Crippen MR) is 72.0 cm³/mol. The highest BCUT2D eigenvalue weighted by atomic mass is 35.5. The summed E-state index contributed by atoms with van der Waals surface area (Å²) in [6.07, 6.45) is 1.30. The first-order chi connectivity index (χ1) is 9.04. The lowest BCUT2D eigenvalue weighted by molar-refractivity contribution is -0.134. The molecule has 2 amide bonds. The molecule has 0 aliphatic heterocycles. The van der Waals surface area contributed by atoms with Crippen LogP contribution in [0.15, 0.2) is 29.4 Å². The first kappa shape index (κ1) is 15.4. The van der Waals surface area contributed by atoms with Crippen LogP contribution in [0.2, 0.25) is 5.02 Å². The molecule has 6 nitrogen and oxygen atoms in total. The SMILES string of the molecule is NCC(=O)NC(=O)C(Cl)ON=Cc1ccccc1Cl. The van der Waals surface area contributed by atoms with Crippen molar-refractivity contribution < 1.29 is 14.4 Å². The molecule has 0 aliphatic rings. The molecule has 0 bridgehead atoms. The standard InChI is InChI=1S/C11H11Cl2N3O3/c12-8-4-2-1-3-7(8)6-15-19-10(13)11(18)16-9(17)5-14/h1-4,6,10H,5,14H2,(H,16,17,18). The molecular weight excluding hydrogens is 293 g/mol. The van der Waals surface area contributed by atoms with E-state index in [1.165, 1.54) is 6.21 Å². The van der Waals surface area contributed by atoms with Crippen LogP contribution < -0.4 is 11.1 Å². The number of benzene rings is 1. The summed E-state index contributed by atoms with van der Waals surface area (Å²) < 4.78 is 0. The van der Waals surface area contributed by atoms with Crippen LogP contribution in [0.1, 0.15) is 5.56 Å². The topological polar surface area (TPSA) is 93.8 Å². The van der Waals surface area contributed by atoms with E-state index in [1.807, 2.05) is 5.32 Å². The van der Waals surface area contributed by atoms with Crippen molar-refractivity contribution in [2.45, 2.75) is 5.56 Å². The molecule has 1 atom stereocenters. The fourth-order valence-electron chi connectivity index (χ4n) is 1.01. The number of hydrogen-bond acceptors (Lipinski definition) is 5. The van der Waals surface area contributed by atoms with Gasteiger partial charge < -0.3 is 10.6 Å². The second-order valence-corrected chi connectivity index (χ2v) is 4.10. The van der Waals surface area contributed by atoms with Crippen molar-refractivity contribution in [2.75, 3.05) is 6.54 Å². The van der Waals surface area contributed by atoms with Crippen molar-refractivity contribution in [1.29, 1.82) is 0 Å². The predicted octanol–water partition coefficient (Wildman–Crippen LogP) is 0.857. The minimum Gasteiger partial charge on any atom is -0.366 e. The van der Waals surface area contributed by atoms with Gasteiger partial charge in [-0.05, 0) is 6.07 Å². The number of carbonyl (C=O) groups excluding carboxylic acids is 2. The number of alkyl halides is 1. The van der Waals surface area contributed by atoms with E-state index in [0.29, 0.717) is 10.6 Å². The monoisotopic (exact) mass is 303 g/mol. The van der Waals surface area contributed by atoms with Gasteiger partial charge in [0.2, 0.25) is 5.91 Å². The van der Waals surface area contributed by atoms with Crippen LogP contribution in [-0.4, -0.2) is 30.1 Å². The molecule has 102 valence electrons. The fraction of sp³-hybridized carbons (Fsp3) is 0.182. The molecular formula is C11H11Cl2N3O3. The minimum atomic E-state index is -1.44. The van der Waals surface area contributed by atoms with E-state index in [1.54, 1.807) is 24.3 Å². The largest absolute Gasteiger partial charge is 0.366 e. The van der Waals surface area contributed by atoms with Crippen LogP contribution in [0, 0.1) is 0 Å². The van der Waals surface area contributed by atoms with E-state index in [4.69, 9.17) is 28.9 Å². The zero-order valence-corrected chi connectivity index (χ0v) is 11.2. The Balaban J connectivity index is 2.50. The van der Waals surface area contributed by atoms with Gasteiger partial charge in [0.15, 0.2) is 0 Å². The lowest BCUT2D eigenvalue weighted by Crippen LogP contribution is -2.40. The number of amides is 2. The Morgan fingerprint density at radius 1 is 1.47 bits per heavy atom. The van der Waals surface area contributed by atoms with Crippen LogP contribution in [0.5, 0.6) is 0 Å². The van der Waals surface area contributed by atoms with E-state index >= 15 is 0 Å². The Labute approximate surface area is 119 Å². The van der Waals surface area contributed by atoms with Gasteiger partial charge in [-0.3, -0.25) is 14.9 Å². The average Bonchev–Trinajstić information content (AvgIpc) is 2.40. The van der Waals surface area contributed by atoms with Gasteiger partial charge in [0.25, 0.3) is 11.5 Å². The summed E-state index contributed by atoms with van der Waals surface area (Å²) in [5, 5.41) is 5.92. The molecule has 1 aromatic carbocycles. The van der Waals surface area contributed by atoms with Crippen molar-refractivity contribution in [3.63, 3.8) is 0 Å². The van der Waals surface area contributed by atoms with E-state index in [-0.39, 0.29) is 6.54 Å². The highest BCUT2D eigenvalue weighted by Crippen LogP contribution is 2.12. The highest BCUT2D eigenvalue weighted by Gasteiger charge is 2.18. The summed E-state index contributed by atoms with van der Waals surface area (Å²) in [5.74, 6) is -1.50. The molecule has 0 radical (unpaired) electrons. The molecule has 0 heterocycles. The second-order valence-electron chi connectivity index (χ2n) is 3.29. The van der Waals surface area contributed by atoms with Gasteiger partial charge in [-0.15, -0.1) is 0 Å². The first-order valence-corrected chi connectivity index (χ1v) is 5.97. The molecule has 0 aliphatic carbocycles. The van der Waals surface area contributed by atoms with Crippen molar-refractivity contribution >= 4 is 41.2 Å². The van der Waals surface area contributed by atoms with E-state index < -0.39 is 17.4 Å². The third kappa shape index (κ3) is 5.25. The summed E-state index contributed by atoms with van der Waals surface area (Å²) in [5.41, 5.74) is 4.19. The van der Waals surface area contributed by atoms with Crippen molar-refractivity contribution in [2.24, 2.45) is 10.9 Å². The smallest absolute Gasteiger partial charge is 0.286 e. The van der Waals surface area contributed by atoms with Gasteiger partial charge in [-0.25, -0.2) is 0 Å². The Morgan fingerprint density at radius 3 is 2.79 bits per heavy atom. The maximum absolute atomic E-state index is 11.3. The van der Waals surface area contributed by atoms with Crippen LogP contribution in [0.25, 0.3) is 0 Å². The Hall–Kier alpha value is -1.63. The van der Waals surface area contributed by atoms with E-state index in [2.05, 4.69) is 9.99 Å². The number of nitrogens with two attached hydrogens (primary N) is 1. The van der Waals surface area contributed by atoms with Crippen molar-refractivity contribution in [3.8, 4) is 0 Å². The Morgan fingerprint density at radius 2 is 2.16 bits per heavy atom. The summed E-state index contributed by atoms with van der Waals surface area (Å²) in [6.45, 7) is -0.321. The van der Waals surface area contributed by atoms with Crippen LogP contribution in [-0.2, 0) is 14.4 Å². The maximum atomic E-state index is 11.3. The molecule has 1 rings (SSSR count). The number of oxime groups is 1. The number of halogens is 2. The number of rotatable bonds is 5. The van der Waals surface area contributed by atoms with Gasteiger partial charge in [-0.2, -0.15) is 0 Å². The molecule has 0 saturated heterocycles. The third-order valence-electron chi connectivity index (χ3n) is 1.90. The minimum absolute atomic E-state index is 0.321. The molecule has 3 N–H and O–H groups in total. The number of hydrogen-bond donors (Lipinski definition) is 2. The molecule has 1 unspecified atom stereocenters. The van der Waals surface area contributed by atoms with E-state index in [9.17, 15) is 9.59 Å². The van der Waals surface area contributed by atoms with Gasteiger partial charge in [0, 0.05) is 10.6 Å². The lowest BCUT2D eigenvalue weighted by atomic mass is 10.2. The molecule has 0 spiro atoms. The molecule has 0 aromatic heterocycles. The Bertz CT molecular complexity index is 494. The van der Waals surface area contributed by atoms with Crippen LogP contribution in [0.4, 0.5) is 0 Å². The third-order valence-corrected chi connectivity index (χ3v) is 2.53. The quantitative estimate of drug-likeness (QED) is 0.479. The molecule has 0 fully saturated rings. The van der Waals surface area contributed by atoms with Gasteiger partial charge in [0.1, 0.15) is 0 Å². The summed E-state index contributed by atoms with van der Waals surface area (Å²) in [6, 6.07) is 6.90. The zero-order valence-electron chi connectivity index (χ0n) is 9.68. The second kappa shape index (κ2) is 7.73. The van der Waals surface area contributed by atoms with Gasteiger partial charge in [0.05, 0.1) is 12.8 Å². The number of carbonyl (C=O) groups is 2. The molecule has 8 heteroatoms. The van der Waals surface area contributed by atoms with Crippen LogP contribution in [0.3, 0.4) is 0 Å². The lowest BCUT2D eigenvalue weighted by Gasteiger charge is -2.06. The molecule has 1 aromatic rings. The summed E-state index contributed by atoms with van der Waals surface area (Å²) in [7, 11) is 0. The fourth-order valence-corrected chi connectivity index (χ4v) is 1.30. The van der Waals surface area contributed by atoms with E-state index in [0.717, 1.165) is 0 Å². The maximum Gasteiger partial charge on any atom is 0.286 e. The molecule has 0 saturated carbocycles. The average molecular weight is 304 g/mol. The van der Waals surface area contributed by atoms with Gasteiger partial charge in [-0.1, -0.05) is 46.6 Å². The number of nitrogens with zero attached hydrogens (tertiary/aromatic N) is 1. The highest BCUT2D eigenvalue weighted by molar-refractivity contribution is 6.33. The van der Waals surface area contributed by atoms with Gasteiger partial charge >= 0.3 is 0 Å². The first-order valence-electron chi connectivity index (χ1n) is 5.16. The Kier molecular flexibility index (Phi) is 6.27. The summed E-state index contributed by atoms with van der Waals surface area (Å²) in [4.78, 5) is 26.8. The summed E-state index contributed by atoms with van der Waals surface area (Å²) >= 11 is 11.4. The zero-order chi connectivity index (χ0) is 14.3. The van der Waals surface area contributed by atoms with Crippen molar-refractivity contribution in [1.82, 2.24) is 5.32 Å². The van der Waals surface area contributed by atoms with Crippen LogP contribution >= 0.6 is 23.2 Å².